The molecule has 20 rings (SSSR count). The molecule has 5 saturated carbocycles. The molecule has 25 nitrogen and oxygen atoms in total. The molecule has 0 radical (unpaired) electrons. The highest BCUT2D eigenvalue weighted by Gasteiger charge is 2.60. The van der Waals surface area contributed by atoms with Crippen molar-refractivity contribution in [3.05, 3.63) is 177 Å². The van der Waals surface area contributed by atoms with Crippen LogP contribution >= 0.6 is 23.2 Å². The lowest BCUT2D eigenvalue weighted by Gasteiger charge is -2.50. The number of nitro benzene ring substituents is 2. The van der Waals surface area contributed by atoms with E-state index in [1.807, 2.05) is 19.1 Å². The summed E-state index contributed by atoms with van der Waals surface area (Å²) >= 11 is 12.7. The van der Waals surface area contributed by atoms with Gasteiger partial charge in [0.25, 0.3) is 0 Å². The molecular weight excluding hydrogens is 1910 g/mol. The van der Waals surface area contributed by atoms with Gasteiger partial charge in [0.15, 0.2) is 34.5 Å². The van der Waals surface area contributed by atoms with Crippen LogP contribution in [0.25, 0.3) is 64.5 Å². The van der Waals surface area contributed by atoms with Crippen LogP contribution in [0.5, 0.6) is 11.5 Å². The van der Waals surface area contributed by atoms with Crippen molar-refractivity contribution < 1.29 is 100 Å². The zero-order valence-corrected chi connectivity index (χ0v) is 90.5. The summed E-state index contributed by atoms with van der Waals surface area (Å²) in [6.45, 7) is 68.5. The van der Waals surface area contributed by atoms with Crippen LogP contribution in [-0.4, -0.2) is 109 Å². The second kappa shape index (κ2) is 40.6. The normalized spacial score (nSPS) is 28.1. The Morgan fingerprint density at radius 3 is 1.01 bits per heavy atom. The van der Waals surface area contributed by atoms with Crippen LogP contribution in [-0.2, 0) is 27.1 Å². The Balaban J connectivity index is 0.000000132. The predicted octanol–water partition coefficient (Wildman–Crippen LogP) is 24.1. The van der Waals surface area contributed by atoms with Crippen LogP contribution in [0.2, 0.25) is 10.0 Å². The Morgan fingerprint density at radius 1 is 0.401 bits per heavy atom. The van der Waals surface area contributed by atoms with Crippen LogP contribution in [0, 0.1) is 102 Å². The molecule has 5 fully saturated rings. The fraction of sp³-hybridized carbons (Fsp3) is 0.593. The third-order valence-electron chi connectivity index (χ3n) is 38.1. The van der Waals surface area contributed by atoms with Gasteiger partial charge in [-0.05, 0) is 230 Å². The minimum atomic E-state index is -2.28. The monoisotopic (exact) mass is 2060 g/mol. The highest BCUT2D eigenvalue weighted by molar-refractivity contribution is 6.67. The molecule has 0 bridgehead atoms. The average molecular weight is 2060 g/mol. The van der Waals surface area contributed by atoms with E-state index in [-0.39, 0.29) is 147 Å². The minimum absolute atomic E-state index is 0.00224. The van der Waals surface area contributed by atoms with E-state index in [0.29, 0.717) is 73.6 Å². The highest BCUT2D eigenvalue weighted by atomic mass is 35.5. The smallest absolute Gasteiger partial charge is 0.486 e. The van der Waals surface area contributed by atoms with Gasteiger partial charge in [-0.25, -0.2) is 8.78 Å². The maximum Gasteiger partial charge on any atom is 0.499 e. The maximum absolute atomic E-state index is 14.4. The molecule has 10 aliphatic carbocycles. The largest absolute Gasteiger partial charge is 0.499 e. The summed E-state index contributed by atoms with van der Waals surface area (Å²) in [5, 5.41) is 128. The number of rotatable bonds is 13. The topological polar surface area (TPSA) is 381 Å². The molecule has 0 aliphatic heterocycles. The van der Waals surface area contributed by atoms with Crippen LogP contribution in [0.15, 0.2) is 77.7 Å². The van der Waals surface area contributed by atoms with Gasteiger partial charge in [0.05, 0.1) is 44.0 Å². The number of furan rings is 5. The van der Waals surface area contributed by atoms with Crippen LogP contribution in [0.1, 0.15) is 385 Å². The first kappa shape index (κ1) is 111. The van der Waals surface area contributed by atoms with Crippen LogP contribution in [0.3, 0.4) is 0 Å². The van der Waals surface area contributed by atoms with E-state index in [1.165, 1.54) is 55.4 Å². The summed E-state index contributed by atoms with van der Waals surface area (Å²) in [6.07, 6.45) is 30.2. The molecule has 0 spiro atoms. The molecule has 147 heavy (non-hydrogen) atoms. The SMILES string of the molecule is C=CCOc1cc2c3c(oc2c(B(O)O)c1OCC=C)C(C)CC[C@@H]1C(C)(C)CCC[C@@]31C.CC1CC[C@@H]2C(C)(C)CCC[C@@]2(C)c2c1oc1c(B(O)O)c(Cl)c(Cl)cc21.CC1CC[C@@H]2C(C)(C)CCC[C@@]2(C)c2c1oc1c(B(O)O)c(F)c(F)cc21.CC1CC[C@@H]2C(C)(C)CCC[C@@]2(C)c2c1oc1c(B(O)O)c([N+](=O)[O-])c([N+](=O)[O-])cc21.[C-]#[N+]c1cc2c3c(oc2c(B(O)O)c1[N+]#[C-])C(C)CC[C@@H]1C(C)(C)CCC[C@@]31C. The van der Waals surface area contributed by atoms with E-state index in [0.717, 1.165) is 184 Å². The molecule has 0 saturated heterocycles. The van der Waals surface area contributed by atoms with Gasteiger partial charge >= 0.3 is 47.0 Å². The van der Waals surface area contributed by atoms with Crippen LogP contribution in [0.4, 0.5) is 31.5 Å². The number of fused-ring (bicyclic) bond motifs is 25. The van der Waals surface area contributed by atoms with E-state index in [2.05, 4.69) is 154 Å². The van der Waals surface area contributed by atoms with Gasteiger partial charge in [0.2, 0.25) is 0 Å². The number of benzene rings is 5. The standard InChI is InChI=1S/C27H37BO5.C23H27BN2O3.C21H27BCl2O3.C21H27BF2O3.C21H27BN2O7/c1-7-14-31-19-16-18-21-23(33-24(18)22(28(29)30)25(19)32-15-8-2)17(3)10-11-20-26(4,5)12-9-13-27(20,21)6;1-13-8-9-16-22(2,3)10-7-11-23(16,4)17-14-12-15(25-5)19(26-6)18(24(27)28)21(14)29-20(13)17;2*1-11-6-7-14-20(2,3)8-5-9-21(14,4)15-12-10-13(23)17(24)16(22(25)26)19(12)27-18(11)15;1-11-6-7-14-20(2,3)8-5-9-21(14,4)15-12-10-13(23(27)28)17(24(29)30)16(22(25)26)19(12)31-18(11)15/h7-8,16-17,20,29-30H,1-2,9-15H2,3-6H3;12-13,16,27-28H,7-11H2,1-4H3;2*10-11,14,25-26H,5-9H2,1-4H3;10-11,14,25-26H,5-9H2,1-4H3/t17?,20-,27-;13?,16-,23-;3*11?,14-,21-/m11111/s1. The van der Waals surface area contributed by atoms with Crippen molar-refractivity contribution >= 4 is 164 Å². The number of hydrogen-bond acceptors (Lipinski definition) is 21. The molecular formula is C113H145B5Cl2F2N4O21. The Labute approximate surface area is 872 Å². The molecule has 5 heterocycles. The van der Waals surface area contributed by atoms with Crippen molar-refractivity contribution in [3.8, 4) is 11.5 Å². The van der Waals surface area contributed by atoms with Crippen molar-refractivity contribution in [3.63, 3.8) is 0 Å². The van der Waals surface area contributed by atoms with Gasteiger partial charge in [-0.3, -0.25) is 29.9 Å². The molecule has 786 valence electrons. The summed E-state index contributed by atoms with van der Waals surface area (Å²) in [5.74, 6) is 5.70. The third kappa shape index (κ3) is 18.6. The lowest BCUT2D eigenvalue weighted by atomic mass is 9.53. The summed E-state index contributed by atoms with van der Waals surface area (Å²) < 4.78 is 71.9. The van der Waals surface area contributed by atoms with Crippen molar-refractivity contribution in [1.82, 2.24) is 0 Å². The van der Waals surface area contributed by atoms with Gasteiger partial charge in [0.1, 0.15) is 75.4 Å². The number of nitro groups is 2. The molecule has 15 atom stereocenters. The zero-order valence-electron chi connectivity index (χ0n) is 89.0. The lowest BCUT2D eigenvalue weighted by Crippen LogP contribution is -2.44. The van der Waals surface area contributed by atoms with Gasteiger partial charge < -0.3 is 81.8 Å². The molecule has 10 aromatic rings. The molecule has 34 heteroatoms. The Bertz CT molecular complexity index is 6770. The Kier molecular flexibility index (Phi) is 30.5. The van der Waals surface area contributed by atoms with Crippen molar-refractivity contribution in [2.75, 3.05) is 13.2 Å². The van der Waals surface area contributed by atoms with E-state index in [1.54, 1.807) is 18.2 Å². The second-order valence-electron chi connectivity index (χ2n) is 49.5. The fourth-order valence-corrected chi connectivity index (χ4v) is 31.9. The summed E-state index contributed by atoms with van der Waals surface area (Å²) in [6, 6.07) is 7.94. The fourth-order valence-electron chi connectivity index (χ4n) is 31.5. The molecule has 0 amide bonds. The number of hydrogen-bond donors (Lipinski definition) is 10. The summed E-state index contributed by atoms with van der Waals surface area (Å²) in [5.41, 5.74) is 4.64. The number of halogens is 4. The first-order valence-electron chi connectivity index (χ1n) is 53.0. The number of ether oxygens (including phenoxy) is 2. The molecule has 5 aromatic heterocycles. The van der Waals surface area contributed by atoms with Crippen LogP contribution < -0.4 is 36.8 Å². The third-order valence-corrected chi connectivity index (χ3v) is 38.9. The van der Waals surface area contributed by atoms with Crippen molar-refractivity contribution in [1.29, 1.82) is 0 Å². The van der Waals surface area contributed by atoms with E-state index in [4.69, 9.17) is 67.9 Å². The molecule has 10 N–H and O–H groups in total. The summed E-state index contributed by atoms with van der Waals surface area (Å²) in [4.78, 5) is 28.6. The minimum Gasteiger partial charge on any atom is -0.486 e. The highest BCUT2D eigenvalue weighted by Crippen LogP contribution is 2.67. The van der Waals surface area contributed by atoms with Gasteiger partial charge in [-0.1, -0.05) is 225 Å². The lowest BCUT2D eigenvalue weighted by molar-refractivity contribution is -0.421. The van der Waals surface area contributed by atoms with E-state index < -0.39 is 79.4 Å². The zero-order chi connectivity index (χ0) is 107. The Hall–Kier alpha value is -8.98. The first-order chi connectivity index (χ1) is 68.9. The van der Waals surface area contributed by atoms with Gasteiger partial charge in [-0.15, -0.1) is 0 Å². The average Bonchev–Trinajstić information content (AvgIpc) is 1.58. The van der Waals surface area contributed by atoms with E-state index in [9.17, 15) is 79.2 Å². The number of nitrogens with zero attached hydrogens (tertiary/aromatic N) is 4. The molecule has 5 aromatic carbocycles. The summed E-state index contributed by atoms with van der Waals surface area (Å²) in [7, 11) is -9.76. The molecule has 10 aliphatic rings. The first-order valence-corrected chi connectivity index (χ1v) is 53.7. The Morgan fingerprint density at radius 2 is 0.694 bits per heavy atom. The van der Waals surface area contributed by atoms with Gasteiger partial charge in [0, 0.05) is 101 Å². The quantitative estimate of drug-likeness (QED) is 0.0168. The van der Waals surface area contributed by atoms with Gasteiger partial charge in [-0.2, -0.15) is 0 Å². The maximum atomic E-state index is 14.4. The molecule has 5 unspecified atom stereocenters. The van der Waals surface area contributed by atoms with Crippen molar-refractivity contribution in [2.45, 2.75) is 356 Å². The van der Waals surface area contributed by atoms with Crippen molar-refractivity contribution in [2.24, 2.45) is 56.7 Å². The van der Waals surface area contributed by atoms with E-state index >= 15 is 0 Å². The second-order valence-corrected chi connectivity index (χ2v) is 50.2. The predicted molar refractivity (Wildman–Crippen MR) is 578 cm³/mol.